The van der Waals surface area contributed by atoms with Crippen molar-refractivity contribution in [2.24, 2.45) is 0 Å². The number of aldehydes is 1. The molecule has 0 bridgehead atoms. The number of hydrogen-bond acceptors (Lipinski definition) is 5. The maximum absolute atomic E-state index is 11.0. The van der Waals surface area contributed by atoms with Gasteiger partial charge in [0.1, 0.15) is 0 Å². The lowest BCUT2D eigenvalue weighted by Crippen LogP contribution is -2.53. The Bertz CT molecular complexity index is 544. The van der Waals surface area contributed by atoms with E-state index in [9.17, 15) is 14.9 Å². The summed E-state index contributed by atoms with van der Waals surface area (Å²) < 4.78 is 0. The average molecular weight is 291 g/mol. The van der Waals surface area contributed by atoms with E-state index >= 15 is 0 Å². The van der Waals surface area contributed by atoms with Crippen LogP contribution >= 0.6 is 0 Å². The average Bonchev–Trinajstić information content (AvgIpc) is 2.45. The molecule has 114 valence electrons. The van der Waals surface area contributed by atoms with E-state index in [4.69, 9.17) is 0 Å². The van der Waals surface area contributed by atoms with Crippen molar-refractivity contribution in [3.05, 3.63) is 33.9 Å². The molecule has 1 aliphatic heterocycles. The zero-order valence-electron chi connectivity index (χ0n) is 12.7. The van der Waals surface area contributed by atoms with Gasteiger partial charge >= 0.3 is 0 Å². The van der Waals surface area contributed by atoms with Gasteiger partial charge in [-0.2, -0.15) is 0 Å². The normalized spacial score (nSPS) is 16.8. The molecule has 0 atom stereocenters. The Hall–Kier alpha value is -1.95. The minimum absolute atomic E-state index is 0.122. The van der Waals surface area contributed by atoms with Crippen molar-refractivity contribution < 1.29 is 9.72 Å². The molecule has 2 rings (SSSR count). The van der Waals surface area contributed by atoms with Crippen LogP contribution in [0.5, 0.6) is 0 Å². The van der Waals surface area contributed by atoms with E-state index in [1.165, 1.54) is 12.1 Å². The number of anilines is 1. The van der Waals surface area contributed by atoms with Crippen molar-refractivity contribution in [3.8, 4) is 0 Å². The molecule has 1 heterocycles. The Labute approximate surface area is 124 Å². The van der Waals surface area contributed by atoms with E-state index in [0.29, 0.717) is 6.29 Å². The van der Waals surface area contributed by atoms with Crippen molar-refractivity contribution in [2.75, 3.05) is 31.1 Å². The van der Waals surface area contributed by atoms with E-state index in [-0.39, 0.29) is 16.8 Å². The highest BCUT2D eigenvalue weighted by molar-refractivity contribution is 5.83. The first-order valence-electron chi connectivity index (χ1n) is 7.06. The van der Waals surface area contributed by atoms with Crippen molar-refractivity contribution in [2.45, 2.75) is 26.3 Å². The number of nitro groups is 1. The van der Waals surface area contributed by atoms with Gasteiger partial charge in [0, 0.05) is 43.5 Å². The van der Waals surface area contributed by atoms with Crippen LogP contribution in [0.2, 0.25) is 0 Å². The monoisotopic (exact) mass is 291 g/mol. The van der Waals surface area contributed by atoms with Crippen molar-refractivity contribution in [3.63, 3.8) is 0 Å². The maximum atomic E-state index is 11.0. The van der Waals surface area contributed by atoms with Crippen LogP contribution in [-0.4, -0.2) is 47.8 Å². The Kier molecular flexibility index (Phi) is 4.27. The van der Waals surface area contributed by atoms with E-state index in [1.54, 1.807) is 6.07 Å². The van der Waals surface area contributed by atoms with E-state index in [2.05, 4.69) is 30.6 Å². The van der Waals surface area contributed by atoms with Crippen LogP contribution in [-0.2, 0) is 0 Å². The smallest absolute Gasteiger partial charge is 0.281 e. The van der Waals surface area contributed by atoms with Gasteiger partial charge in [0.25, 0.3) is 5.69 Å². The van der Waals surface area contributed by atoms with Gasteiger partial charge in [0.2, 0.25) is 0 Å². The summed E-state index contributed by atoms with van der Waals surface area (Å²) in [5.41, 5.74) is 0.943. The van der Waals surface area contributed by atoms with Crippen molar-refractivity contribution in [1.82, 2.24) is 4.90 Å². The summed E-state index contributed by atoms with van der Waals surface area (Å²) in [6.07, 6.45) is 0.527. The second kappa shape index (κ2) is 5.81. The molecule has 6 heteroatoms. The van der Waals surface area contributed by atoms with Crippen LogP contribution in [0.4, 0.5) is 11.4 Å². The molecule has 0 spiro atoms. The summed E-state index contributed by atoms with van der Waals surface area (Å²) in [6, 6.07) is 4.80. The minimum atomic E-state index is -0.501. The number of piperazine rings is 1. The summed E-state index contributed by atoms with van der Waals surface area (Å²) >= 11 is 0. The molecule has 0 saturated carbocycles. The SMILES string of the molecule is CC(C)(C)N1CCN(c2ccc(C=O)c([N+](=O)[O-])c2)CC1. The molecule has 0 amide bonds. The number of carbonyl (C=O) groups excluding carboxylic acids is 1. The number of nitrogens with zero attached hydrogens (tertiary/aromatic N) is 3. The third-order valence-electron chi connectivity index (χ3n) is 3.93. The number of hydrogen-bond donors (Lipinski definition) is 0. The molecule has 1 aromatic rings. The van der Waals surface area contributed by atoms with Crippen LogP contribution in [0.25, 0.3) is 0 Å². The first kappa shape index (κ1) is 15.4. The summed E-state index contributed by atoms with van der Waals surface area (Å²) in [6.45, 7) is 10.1. The predicted octanol–water partition coefficient (Wildman–Crippen LogP) is 2.33. The second-order valence-electron chi connectivity index (χ2n) is 6.26. The number of carbonyl (C=O) groups is 1. The van der Waals surface area contributed by atoms with Crippen molar-refractivity contribution in [1.29, 1.82) is 0 Å². The number of rotatable bonds is 3. The Morgan fingerprint density at radius 1 is 1.19 bits per heavy atom. The van der Waals surface area contributed by atoms with Crippen LogP contribution in [0.3, 0.4) is 0 Å². The van der Waals surface area contributed by atoms with Crippen LogP contribution in [0.15, 0.2) is 18.2 Å². The quantitative estimate of drug-likeness (QED) is 0.486. The molecule has 0 aromatic heterocycles. The molecule has 0 N–H and O–H groups in total. The second-order valence-corrected chi connectivity index (χ2v) is 6.26. The van der Waals surface area contributed by atoms with Crippen LogP contribution in [0, 0.1) is 10.1 Å². The predicted molar refractivity (Wildman–Crippen MR) is 82.0 cm³/mol. The topological polar surface area (TPSA) is 66.7 Å². The molecular weight excluding hydrogens is 270 g/mol. The fraction of sp³-hybridized carbons (Fsp3) is 0.533. The van der Waals surface area contributed by atoms with Crippen LogP contribution < -0.4 is 4.90 Å². The summed E-state index contributed by atoms with van der Waals surface area (Å²) in [5.74, 6) is 0. The van der Waals surface area contributed by atoms with Gasteiger partial charge in [-0.05, 0) is 32.9 Å². The highest BCUT2D eigenvalue weighted by Gasteiger charge is 2.26. The summed E-state index contributed by atoms with van der Waals surface area (Å²) in [5, 5.41) is 11.0. The lowest BCUT2D eigenvalue weighted by molar-refractivity contribution is -0.385. The van der Waals surface area contributed by atoms with Gasteiger partial charge in [0.15, 0.2) is 6.29 Å². The van der Waals surface area contributed by atoms with Gasteiger partial charge in [-0.25, -0.2) is 0 Å². The fourth-order valence-corrected chi connectivity index (χ4v) is 2.62. The first-order chi connectivity index (χ1) is 9.82. The van der Waals surface area contributed by atoms with E-state index in [1.807, 2.05) is 0 Å². The molecule has 1 aromatic carbocycles. The van der Waals surface area contributed by atoms with Gasteiger partial charge in [-0.3, -0.25) is 19.8 Å². The molecule has 6 nitrogen and oxygen atoms in total. The standard InChI is InChI=1S/C15H21N3O3/c1-15(2,3)17-8-6-16(7-9-17)13-5-4-12(11-19)14(10-13)18(20)21/h4-5,10-11H,6-9H2,1-3H3. The summed E-state index contributed by atoms with van der Waals surface area (Å²) in [7, 11) is 0. The third kappa shape index (κ3) is 3.39. The van der Waals surface area contributed by atoms with Crippen molar-refractivity contribution >= 4 is 17.7 Å². The Balaban J connectivity index is 2.16. The van der Waals surface area contributed by atoms with Gasteiger partial charge in [-0.15, -0.1) is 0 Å². The maximum Gasteiger partial charge on any atom is 0.281 e. The molecule has 1 saturated heterocycles. The highest BCUT2D eigenvalue weighted by atomic mass is 16.6. The van der Waals surface area contributed by atoms with E-state index in [0.717, 1.165) is 31.9 Å². The lowest BCUT2D eigenvalue weighted by Gasteiger charge is -2.43. The molecular formula is C15H21N3O3. The van der Waals surface area contributed by atoms with Gasteiger partial charge < -0.3 is 4.90 Å². The molecule has 1 fully saturated rings. The fourth-order valence-electron chi connectivity index (χ4n) is 2.62. The molecule has 0 aliphatic carbocycles. The highest BCUT2D eigenvalue weighted by Crippen LogP contribution is 2.26. The van der Waals surface area contributed by atoms with E-state index < -0.39 is 4.92 Å². The zero-order chi connectivity index (χ0) is 15.6. The number of nitro benzene ring substituents is 1. The molecule has 0 unspecified atom stereocenters. The zero-order valence-corrected chi connectivity index (χ0v) is 12.7. The largest absolute Gasteiger partial charge is 0.369 e. The summed E-state index contributed by atoms with van der Waals surface area (Å²) in [4.78, 5) is 25.9. The molecule has 0 radical (unpaired) electrons. The third-order valence-corrected chi connectivity index (χ3v) is 3.93. The number of benzene rings is 1. The van der Waals surface area contributed by atoms with Crippen LogP contribution in [0.1, 0.15) is 31.1 Å². The molecule has 1 aliphatic rings. The minimum Gasteiger partial charge on any atom is -0.369 e. The Morgan fingerprint density at radius 3 is 2.29 bits per heavy atom. The molecule has 21 heavy (non-hydrogen) atoms. The van der Waals surface area contributed by atoms with Gasteiger partial charge in [-0.1, -0.05) is 0 Å². The van der Waals surface area contributed by atoms with Gasteiger partial charge in [0.05, 0.1) is 10.5 Å². The first-order valence-corrected chi connectivity index (χ1v) is 7.06. The lowest BCUT2D eigenvalue weighted by atomic mass is 10.0. The Morgan fingerprint density at radius 2 is 1.81 bits per heavy atom.